The Morgan fingerprint density at radius 1 is 1.44 bits per heavy atom. The zero-order valence-electron chi connectivity index (χ0n) is 9.11. The molecule has 0 saturated heterocycles. The molecule has 0 saturated carbocycles. The van der Waals surface area contributed by atoms with Gasteiger partial charge in [0.15, 0.2) is 0 Å². The van der Waals surface area contributed by atoms with Crippen LogP contribution in [0.4, 0.5) is 5.69 Å². The van der Waals surface area contributed by atoms with E-state index < -0.39 is 5.97 Å². The van der Waals surface area contributed by atoms with Gasteiger partial charge in [0.1, 0.15) is 11.3 Å². The van der Waals surface area contributed by atoms with E-state index in [-0.39, 0.29) is 12.1 Å². The van der Waals surface area contributed by atoms with Crippen molar-refractivity contribution in [2.24, 2.45) is 0 Å². The van der Waals surface area contributed by atoms with E-state index in [0.29, 0.717) is 10.8 Å². The molecule has 0 fully saturated rings. The topological polar surface area (TPSA) is 62.5 Å². The summed E-state index contributed by atoms with van der Waals surface area (Å²) in [5, 5.41) is 12.5. The molecule has 0 spiro atoms. The van der Waals surface area contributed by atoms with Gasteiger partial charge in [0.05, 0.1) is 17.8 Å². The molecule has 2 N–H and O–H groups in total. The summed E-state index contributed by atoms with van der Waals surface area (Å²) in [4.78, 5) is 10.9. The van der Waals surface area contributed by atoms with Crippen LogP contribution in [0.15, 0.2) is 39.4 Å². The van der Waals surface area contributed by atoms with Crippen LogP contribution in [0.25, 0.3) is 0 Å². The third-order valence-corrected chi connectivity index (χ3v) is 3.58. The number of carboxylic acid groups (broad SMARTS) is 1. The first-order valence-electron chi connectivity index (χ1n) is 5.06. The molecule has 6 heteroatoms. The summed E-state index contributed by atoms with van der Waals surface area (Å²) in [6.07, 6.45) is 1.36. The van der Waals surface area contributed by atoms with Gasteiger partial charge in [0.2, 0.25) is 0 Å². The summed E-state index contributed by atoms with van der Waals surface area (Å²) in [6, 6.07) is 6.81. The van der Waals surface area contributed by atoms with Crippen LogP contribution >= 0.6 is 27.5 Å². The van der Waals surface area contributed by atoms with Gasteiger partial charge in [0, 0.05) is 10.2 Å². The second-order valence-corrected chi connectivity index (χ2v) is 4.81. The van der Waals surface area contributed by atoms with Crippen molar-refractivity contribution in [3.63, 3.8) is 0 Å². The SMILES string of the molecule is O=C(O)c1ccoc1CNc1ccc(Br)c(Cl)c1. The van der Waals surface area contributed by atoms with E-state index >= 15 is 0 Å². The van der Waals surface area contributed by atoms with Crippen molar-refractivity contribution in [3.8, 4) is 0 Å². The smallest absolute Gasteiger partial charge is 0.339 e. The van der Waals surface area contributed by atoms with E-state index in [2.05, 4.69) is 21.2 Å². The number of hydrogen-bond acceptors (Lipinski definition) is 3. The van der Waals surface area contributed by atoms with Crippen molar-refractivity contribution in [3.05, 3.63) is 51.3 Å². The molecule has 2 aromatic rings. The lowest BCUT2D eigenvalue weighted by atomic mass is 10.2. The molecule has 94 valence electrons. The molecule has 18 heavy (non-hydrogen) atoms. The molecule has 0 amide bonds. The third-order valence-electron chi connectivity index (χ3n) is 2.35. The van der Waals surface area contributed by atoms with Gasteiger partial charge in [-0.1, -0.05) is 11.6 Å². The first-order chi connectivity index (χ1) is 8.58. The van der Waals surface area contributed by atoms with Crippen LogP contribution in [-0.4, -0.2) is 11.1 Å². The zero-order chi connectivity index (χ0) is 13.1. The predicted octanol–water partition coefficient (Wildman–Crippen LogP) is 4.01. The van der Waals surface area contributed by atoms with Crippen molar-refractivity contribution in [1.29, 1.82) is 0 Å². The van der Waals surface area contributed by atoms with E-state index in [4.69, 9.17) is 21.1 Å². The summed E-state index contributed by atoms with van der Waals surface area (Å²) in [7, 11) is 0. The summed E-state index contributed by atoms with van der Waals surface area (Å²) in [6.45, 7) is 0.284. The van der Waals surface area contributed by atoms with Crippen molar-refractivity contribution < 1.29 is 14.3 Å². The zero-order valence-corrected chi connectivity index (χ0v) is 11.5. The van der Waals surface area contributed by atoms with Crippen molar-refractivity contribution in [2.75, 3.05) is 5.32 Å². The highest BCUT2D eigenvalue weighted by Crippen LogP contribution is 2.26. The highest BCUT2D eigenvalue weighted by molar-refractivity contribution is 9.10. The van der Waals surface area contributed by atoms with Crippen molar-refractivity contribution >= 4 is 39.2 Å². The summed E-state index contributed by atoms with van der Waals surface area (Å²) >= 11 is 9.25. The lowest BCUT2D eigenvalue weighted by Gasteiger charge is -2.06. The Hall–Kier alpha value is -1.46. The normalized spacial score (nSPS) is 10.3. The van der Waals surface area contributed by atoms with E-state index in [1.54, 1.807) is 6.07 Å². The lowest BCUT2D eigenvalue weighted by Crippen LogP contribution is -2.04. The third kappa shape index (κ3) is 2.86. The van der Waals surface area contributed by atoms with Crippen LogP contribution in [-0.2, 0) is 6.54 Å². The Labute approximate surface area is 117 Å². The summed E-state index contributed by atoms with van der Waals surface area (Å²) < 4.78 is 5.92. The maximum Gasteiger partial charge on any atom is 0.339 e. The number of hydrogen-bond donors (Lipinski definition) is 2. The van der Waals surface area contributed by atoms with Crippen LogP contribution < -0.4 is 5.32 Å². The Bertz CT molecular complexity index is 582. The fourth-order valence-electron chi connectivity index (χ4n) is 1.46. The number of halogens is 2. The average molecular weight is 331 g/mol. The van der Waals surface area contributed by atoms with Gasteiger partial charge in [-0.15, -0.1) is 0 Å². The first-order valence-corrected chi connectivity index (χ1v) is 6.23. The minimum Gasteiger partial charge on any atom is -0.478 e. The maximum atomic E-state index is 10.9. The standard InChI is InChI=1S/C12H9BrClNO3/c13-9-2-1-7(5-10(9)14)15-6-11-8(12(16)17)3-4-18-11/h1-5,15H,6H2,(H,16,17). The average Bonchev–Trinajstić information content (AvgIpc) is 2.79. The number of nitrogens with one attached hydrogen (secondary N) is 1. The predicted molar refractivity (Wildman–Crippen MR) is 72.1 cm³/mol. The number of carboxylic acids is 1. The molecule has 0 aliphatic carbocycles. The molecule has 0 aliphatic rings. The number of aromatic carboxylic acids is 1. The number of rotatable bonds is 4. The molecular formula is C12H9BrClNO3. The van der Waals surface area contributed by atoms with Gasteiger partial charge in [-0.2, -0.15) is 0 Å². The van der Waals surface area contributed by atoms with Gasteiger partial charge < -0.3 is 14.8 Å². The van der Waals surface area contributed by atoms with Crippen LogP contribution in [0.1, 0.15) is 16.1 Å². The fraction of sp³-hybridized carbons (Fsp3) is 0.0833. The van der Waals surface area contributed by atoms with E-state index in [1.165, 1.54) is 12.3 Å². The molecular weight excluding hydrogens is 321 g/mol. The van der Waals surface area contributed by atoms with Gasteiger partial charge in [-0.3, -0.25) is 0 Å². The van der Waals surface area contributed by atoms with Crippen molar-refractivity contribution in [2.45, 2.75) is 6.54 Å². The molecule has 1 aromatic carbocycles. The van der Waals surface area contributed by atoms with Crippen LogP contribution in [0.5, 0.6) is 0 Å². The largest absolute Gasteiger partial charge is 0.478 e. The van der Waals surface area contributed by atoms with E-state index in [0.717, 1.165) is 10.2 Å². The number of benzene rings is 1. The number of anilines is 1. The van der Waals surface area contributed by atoms with Crippen LogP contribution in [0.2, 0.25) is 5.02 Å². The number of furan rings is 1. The second kappa shape index (κ2) is 5.46. The van der Waals surface area contributed by atoms with Gasteiger partial charge in [-0.25, -0.2) is 4.79 Å². The Morgan fingerprint density at radius 3 is 2.89 bits per heavy atom. The molecule has 1 aromatic heterocycles. The monoisotopic (exact) mass is 329 g/mol. The summed E-state index contributed by atoms with van der Waals surface area (Å²) in [5.74, 6) is -0.629. The first kappa shape index (κ1) is 13.0. The van der Waals surface area contributed by atoms with Gasteiger partial charge in [-0.05, 0) is 40.2 Å². The van der Waals surface area contributed by atoms with E-state index in [1.807, 2.05) is 12.1 Å². The molecule has 0 bridgehead atoms. The van der Waals surface area contributed by atoms with Crippen LogP contribution in [0.3, 0.4) is 0 Å². The number of carbonyl (C=O) groups is 1. The van der Waals surface area contributed by atoms with Gasteiger partial charge >= 0.3 is 5.97 Å². The Kier molecular flexibility index (Phi) is 3.93. The second-order valence-electron chi connectivity index (χ2n) is 3.55. The lowest BCUT2D eigenvalue weighted by molar-refractivity contribution is 0.0694. The van der Waals surface area contributed by atoms with E-state index in [9.17, 15) is 4.79 Å². The highest BCUT2D eigenvalue weighted by Gasteiger charge is 2.12. The molecule has 4 nitrogen and oxygen atoms in total. The molecule has 0 atom stereocenters. The molecule has 0 unspecified atom stereocenters. The quantitative estimate of drug-likeness (QED) is 0.889. The fourth-order valence-corrected chi connectivity index (χ4v) is 1.88. The molecule has 1 heterocycles. The minimum atomic E-state index is -1.01. The molecule has 2 rings (SSSR count). The maximum absolute atomic E-state index is 10.9. The van der Waals surface area contributed by atoms with Crippen molar-refractivity contribution in [1.82, 2.24) is 0 Å². The van der Waals surface area contributed by atoms with Crippen LogP contribution in [0, 0.1) is 0 Å². The summed E-state index contributed by atoms with van der Waals surface area (Å²) in [5.41, 5.74) is 0.946. The highest BCUT2D eigenvalue weighted by atomic mass is 79.9. The van der Waals surface area contributed by atoms with Gasteiger partial charge in [0.25, 0.3) is 0 Å². The minimum absolute atomic E-state index is 0.158. The Balaban J connectivity index is 2.09. The Morgan fingerprint density at radius 2 is 2.22 bits per heavy atom. The molecule has 0 aliphatic heterocycles. The molecule has 0 radical (unpaired) electrons.